The zero-order valence-electron chi connectivity index (χ0n) is 17.3. The molecule has 1 aromatic carbocycles. The Morgan fingerprint density at radius 3 is 2.73 bits per heavy atom. The van der Waals surface area contributed by atoms with Crippen molar-refractivity contribution in [1.29, 1.82) is 0 Å². The van der Waals surface area contributed by atoms with E-state index in [1.165, 1.54) is 30.5 Å². The van der Waals surface area contributed by atoms with Crippen LogP contribution in [0.25, 0.3) is 0 Å². The monoisotopic (exact) mass is 492 g/mol. The summed E-state index contributed by atoms with van der Waals surface area (Å²) in [4.78, 5) is 36.1. The van der Waals surface area contributed by atoms with Crippen LogP contribution in [0, 0.1) is 11.6 Å². The fourth-order valence-electron chi connectivity index (χ4n) is 2.99. The van der Waals surface area contributed by atoms with Gasteiger partial charge in [0.1, 0.15) is 17.3 Å². The lowest BCUT2D eigenvalue weighted by Gasteiger charge is -2.25. The molecule has 1 N–H and O–H groups in total. The normalized spacial score (nSPS) is 14.0. The number of nitrogens with zero attached hydrogens (tertiary/aromatic N) is 5. The first-order chi connectivity index (χ1) is 15.9. The number of aromatic nitrogens is 2. The fourth-order valence-corrected chi connectivity index (χ4v) is 4.68. The maximum atomic E-state index is 14.2. The molecule has 9 nitrogen and oxygen atoms in total. The van der Waals surface area contributed by atoms with Gasteiger partial charge in [0.25, 0.3) is 5.91 Å². The summed E-state index contributed by atoms with van der Waals surface area (Å²) < 4.78 is 32.7. The van der Waals surface area contributed by atoms with Crippen molar-refractivity contribution >= 4 is 56.7 Å². The topological polar surface area (TPSA) is 100 Å². The minimum atomic E-state index is -0.886. The Morgan fingerprint density at radius 2 is 2.00 bits per heavy atom. The number of thiazole rings is 2. The SMILES string of the molecule is CC(=O)N(c1nc(C=NNC(=O)c2csc(N3CCOCC3)n2)cs1)c1ccc(F)cc1F. The lowest BCUT2D eigenvalue weighted by molar-refractivity contribution is -0.115. The molecule has 1 aliphatic heterocycles. The maximum Gasteiger partial charge on any atom is 0.290 e. The van der Waals surface area contributed by atoms with Gasteiger partial charge in [-0.05, 0) is 12.1 Å². The number of nitrogens with one attached hydrogen (secondary N) is 1. The van der Waals surface area contributed by atoms with Gasteiger partial charge in [-0.2, -0.15) is 5.10 Å². The zero-order valence-corrected chi connectivity index (χ0v) is 19.0. The summed E-state index contributed by atoms with van der Waals surface area (Å²) in [6.45, 7) is 3.93. The van der Waals surface area contributed by atoms with Crippen LogP contribution >= 0.6 is 22.7 Å². The minimum Gasteiger partial charge on any atom is -0.378 e. The van der Waals surface area contributed by atoms with Gasteiger partial charge in [-0.25, -0.2) is 24.2 Å². The number of rotatable bonds is 6. The van der Waals surface area contributed by atoms with Crippen LogP contribution in [-0.4, -0.2) is 54.3 Å². The van der Waals surface area contributed by atoms with Crippen molar-refractivity contribution in [1.82, 2.24) is 15.4 Å². The average Bonchev–Trinajstić information content (AvgIpc) is 3.46. The van der Waals surface area contributed by atoms with E-state index in [4.69, 9.17) is 4.74 Å². The molecule has 2 aromatic heterocycles. The van der Waals surface area contributed by atoms with Crippen LogP contribution < -0.4 is 15.2 Å². The molecule has 1 fully saturated rings. The highest BCUT2D eigenvalue weighted by Gasteiger charge is 2.21. The number of morpholine rings is 1. The van der Waals surface area contributed by atoms with E-state index < -0.39 is 23.4 Å². The second kappa shape index (κ2) is 10.1. The number of halogens is 2. The molecule has 4 rings (SSSR count). The molecule has 3 aromatic rings. The van der Waals surface area contributed by atoms with Crippen LogP contribution in [-0.2, 0) is 9.53 Å². The summed E-state index contributed by atoms with van der Waals surface area (Å²) in [5.41, 5.74) is 2.86. The van der Waals surface area contributed by atoms with E-state index in [-0.39, 0.29) is 16.5 Å². The standard InChI is InChI=1S/C20H18F2N6O3S2/c1-12(29)28(17-3-2-13(21)8-15(17)22)20-24-14(10-32-20)9-23-26-18(30)16-11-33-19(25-16)27-4-6-31-7-5-27/h2-3,8-11H,4-7H2,1H3,(H,26,30). The smallest absolute Gasteiger partial charge is 0.290 e. The molecule has 3 heterocycles. The van der Waals surface area contributed by atoms with Crippen molar-refractivity contribution in [3.63, 3.8) is 0 Å². The van der Waals surface area contributed by atoms with Gasteiger partial charge in [0.15, 0.2) is 10.3 Å². The summed E-state index contributed by atoms with van der Waals surface area (Å²) in [6.07, 6.45) is 1.30. The zero-order chi connectivity index (χ0) is 23.4. The largest absolute Gasteiger partial charge is 0.378 e. The van der Waals surface area contributed by atoms with E-state index >= 15 is 0 Å². The van der Waals surface area contributed by atoms with E-state index in [0.717, 1.165) is 40.5 Å². The van der Waals surface area contributed by atoms with Crippen molar-refractivity contribution in [2.45, 2.75) is 6.92 Å². The molecular formula is C20H18F2N6O3S2. The van der Waals surface area contributed by atoms with Gasteiger partial charge in [0.05, 0.1) is 30.8 Å². The van der Waals surface area contributed by atoms with Gasteiger partial charge in [-0.3, -0.25) is 14.5 Å². The van der Waals surface area contributed by atoms with Gasteiger partial charge in [0, 0.05) is 36.8 Å². The number of anilines is 3. The number of hydrogen-bond donors (Lipinski definition) is 1. The second-order valence-electron chi connectivity index (χ2n) is 6.82. The number of carbonyl (C=O) groups is 2. The molecule has 2 amide bonds. The second-order valence-corrected chi connectivity index (χ2v) is 8.49. The van der Waals surface area contributed by atoms with Crippen molar-refractivity contribution < 1.29 is 23.1 Å². The van der Waals surface area contributed by atoms with E-state index in [2.05, 4.69) is 25.4 Å². The summed E-state index contributed by atoms with van der Waals surface area (Å²) in [6, 6.07) is 2.92. The Morgan fingerprint density at radius 1 is 1.21 bits per heavy atom. The Bertz CT molecular complexity index is 1190. The number of hydrogen-bond acceptors (Lipinski definition) is 9. The van der Waals surface area contributed by atoms with Crippen LogP contribution in [0.1, 0.15) is 23.1 Å². The molecular weight excluding hydrogens is 474 g/mol. The van der Waals surface area contributed by atoms with Gasteiger partial charge in [0.2, 0.25) is 5.91 Å². The molecule has 0 atom stereocenters. The summed E-state index contributed by atoms with van der Waals surface area (Å²) in [5.74, 6) is -2.61. The highest BCUT2D eigenvalue weighted by atomic mass is 32.1. The molecule has 0 radical (unpaired) electrons. The fraction of sp³-hybridized carbons (Fsp3) is 0.250. The van der Waals surface area contributed by atoms with Gasteiger partial charge in [-0.1, -0.05) is 0 Å². The lowest BCUT2D eigenvalue weighted by Crippen LogP contribution is -2.36. The Labute approximate surface area is 195 Å². The molecule has 0 unspecified atom stereocenters. The molecule has 0 bridgehead atoms. The predicted octanol–water partition coefficient (Wildman–Crippen LogP) is 3.16. The Balaban J connectivity index is 1.41. The summed E-state index contributed by atoms with van der Waals surface area (Å²) in [7, 11) is 0. The first-order valence-corrected chi connectivity index (χ1v) is 11.5. The van der Waals surface area contributed by atoms with Crippen LogP contribution in [0.4, 0.5) is 24.7 Å². The number of amides is 2. The van der Waals surface area contributed by atoms with E-state index in [9.17, 15) is 18.4 Å². The number of hydrazone groups is 1. The number of carbonyl (C=O) groups excluding carboxylic acids is 2. The van der Waals surface area contributed by atoms with Crippen LogP contribution in [0.3, 0.4) is 0 Å². The third kappa shape index (κ3) is 5.38. The molecule has 13 heteroatoms. The van der Waals surface area contributed by atoms with E-state index in [1.807, 2.05) is 0 Å². The van der Waals surface area contributed by atoms with Crippen LogP contribution in [0.2, 0.25) is 0 Å². The minimum absolute atomic E-state index is 0.116. The highest BCUT2D eigenvalue weighted by molar-refractivity contribution is 7.14. The van der Waals surface area contributed by atoms with Gasteiger partial charge >= 0.3 is 0 Å². The Kier molecular flexibility index (Phi) is 7.01. The lowest BCUT2D eigenvalue weighted by atomic mass is 10.2. The third-order valence-electron chi connectivity index (χ3n) is 4.54. The molecule has 0 aliphatic carbocycles. The molecule has 33 heavy (non-hydrogen) atoms. The first-order valence-electron chi connectivity index (χ1n) is 9.75. The molecule has 0 spiro atoms. The van der Waals surface area contributed by atoms with E-state index in [1.54, 1.807) is 10.8 Å². The summed E-state index contributed by atoms with van der Waals surface area (Å²) >= 11 is 2.44. The average molecular weight is 493 g/mol. The van der Waals surface area contributed by atoms with Crippen LogP contribution in [0.15, 0.2) is 34.1 Å². The van der Waals surface area contributed by atoms with Gasteiger partial charge in [-0.15, -0.1) is 22.7 Å². The third-order valence-corrected chi connectivity index (χ3v) is 6.28. The van der Waals surface area contributed by atoms with Crippen molar-refractivity contribution in [3.8, 4) is 0 Å². The highest BCUT2D eigenvalue weighted by Crippen LogP contribution is 2.31. The van der Waals surface area contributed by atoms with E-state index in [0.29, 0.717) is 25.0 Å². The Hall–Kier alpha value is -3.29. The molecule has 0 saturated carbocycles. The summed E-state index contributed by atoms with van der Waals surface area (Å²) in [5, 5.41) is 8.04. The number of benzene rings is 1. The molecule has 1 saturated heterocycles. The number of ether oxygens (including phenoxy) is 1. The quantitative estimate of drug-likeness (QED) is 0.419. The first kappa shape index (κ1) is 22.9. The van der Waals surface area contributed by atoms with Crippen molar-refractivity contribution in [2.75, 3.05) is 36.1 Å². The van der Waals surface area contributed by atoms with Gasteiger partial charge < -0.3 is 9.64 Å². The van der Waals surface area contributed by atoms with Crippen molar-refractivity contribution in [3.05, 3.63) is 52.0 Å². The van der Waals surface area contributed by atoms with Crippen LogP contribution in [0.5, 0.6) is 0 Å². The predicted molar refractivity (Wildman–Crippen MR) is 121 cm³/mol. The molecule has 172 valence electrons. The van der Waals surface area contributed by atoms with Crippen molar-refractivity contribution in [2.24, 2.45) is 5.10 Å². The molecule has 1 aliphatic rings. The maximum absolute atomic E-state index is 14.2.